The van der Waals surface area contributed by atoms with Crippen molar-refractivity contribution in [1.29, 1.82) is 0 Å². The molecule has 212 valence electrons. The molecule has 4 atom stereocenters. The summed E-state index contributed by atoms with van der Waals surface area (Å²) in [5.41, 5.74) is 13.7. The van der Waals surface area contributed by atoms with E-state index in [0.29, 0.717) is 0 Å². The van der Waals surface area contributed by atoms with Crippen molar-refractivity contribution in [2.75, 3.05) is 0 Å². The van der Waals surface area contributed by atoms with Gasteiger partial charge in [0.1, 0.15) is 0 Å². The summed E-state index contributed by atoms with van der Waals surface area (Å²) in [4.78, 5) is 5.20. The minimum atomic E-state index is 0.121. The van der Waals surface area contributed by atoms with Gasteiger partial charge in [0.2, 0.25) is 0 Å². The summed E-state index contributed by atoms with van der Waals surface area (Å²) in [6.07, 6.45) is 14.4. The second-order valence-electron chi connectivity index (χ2n) is 17.4. The largest absolute Gasteiger partial charge is 0.260 e. The first kappa shape index (κ1) is 27.5. The first-order valence-electron chi connectivity index (χ1n) is 16.3. The number of rotatable bonds is 5. The number of hydrogen-bond donors (Lipinski definition) is 0. The Balaban J connectivity index is 1.32. The number of nitrogens with zero attached hydrogens (tertiary/aromatic N) is 1. The first-order valence-corrected chi connectivity index (χ1v) is 16.3. The topological polar surface area (TPSA) is 12.9 Å². The van der Waals surface area contributed by atoms with Crippen LogP contribution in [0.25, 0.3) is 0 Å². The average Bonchev–Trinajstić information content (AvgIpc) is 3.47. The SMILES string of the molecule is CC(C)(C)c1ccc(C(C)(C)CCC(C)(C)c2cnc(C(C)(C)C)c3c2C2CCC2C3)c2c1C1CCCC1C2. The number of aromatic nitrogens is 1. The summed E-state index contributed by atoms with van der Waals surface area (Å²) in [7, 11) is 0. The molecular formula is C38H55N. The van der Waals surface area contributed by atoms with Crippen molar-refractivity contribution < 1.29 is 0 Å². The van der Waals surface area contributed by atoms with Gasteiger partial charge in [0, 0.05) is 17.3 Å². The molecule has 2 fully saturated rings. The van der Waals surface area contributed by atoms with Gasteiger partial charge in [-0.1, -0.05) is 87.8 Å². The van der Waals surface area contributed by atoms with Gasteiger partial charge in [0.05, 0.1) is 0 Å². The Morgan fingerprint density at radius 2 is 1.18 bits per heavy atom. The van der Waals surface area contributed by atoms with Crippen molar-refractivity contribution in [1.82, 2.24) is 4.98 Å². The quantitative estimate of drug-likeness (QED) is 0.378. The molecule has 0 amide bonds. The molecule has 0 saturated heterocycles. The van der Waals surface area contributed by atoms with Gasteiger partial charge >= 0.3 is 0 Å². The fourth-order valence-corrected chi connectivity index (χ4v) is 9.25. The third-order valence-corrected chi connectivity index (χ3v) is 11.7. The van der Waals surface area contributed by atoms with E-state index in [2.05, 4.69) is 87.6 Å². The molecule has 2 aromatic rings. The highest BCUT2D eigenvalue weighted by atomic mass is 14.7. The molecule has 1 heterocycles. The van der Waals surface area contributed by atoms with Gasteiger partial charge in [-0.15, -0.1) is 0 Å². The normalized spacial score (nSPS) is 26.2. The van der Waals surface area contributed by atoms with Crippen LogP contribution in [0.15, 0.2) is 18.3 Å². The van der Waals surface area contributed by atoms with Crippen LogP contribution in [-0.2, 0) is 34.5 Å². The Bertz CT molecular complexity index is 1280. The fourth-order valence-electron chi connectivity index (χ4n) is 9.25. The minimum Gasteiger partial charge on any atom is -0.260 e. The van der Waals surface area contributed by atoms with Crippen molar-refractivity contribution in [3.05, 3.63) is 63.0 Å². The van der Waals surface area contributed by atoms with Gasteiger partial charge in [-0.3, -0.25) is 4.98 Å². The average molecular weight is 526 g/mol. The fraction of sp³-hybridized carbons (Fsp3) is 0.711. The molecule has 2 saturated carbocycles. The van der Waals surface area contributed by atoms with Crippen molar-refractivity contribution >= 4 is 0 Å². The smallest absolute Gasteiger partial charge is 0.0492 e. The molecular weight excluding hydrogens is 470 g/mol. The third kappa shape index (κ3) is 4.44. The maximum absolute atomic E-state index is 5.20. The summed E-state index contributed by atoms with van der Waals surface area (Å²) in [5, 5.41) is 0. The Hall–Kier alpha value is -1.63. The molecule has 1 nitrogen and oxygen atoms in total. The number of benzene rings is 1. The van der Waals surface area contributed by atoms with E-state index in [1.165, 1.54) is 63.5 Å². The van der Waals surface area contributed by atoms with Crippen molar-refractivity contribution in [2.45, 2.75) is 161 Å². The summed E-state index contributed by atoms with van der Waals surface area (Å²) in [6, 6.07) is 5.07. The molecule has 0 bridgehead atoms. The number of hydrogen-bond acceptors (Lipinski definition) is 1. The molecule has 1 aromatic carbocycles. The van der Waals surface area contributed by atoms with E-state index in [0.717, 1.165) is 23.7 Å². The lowest BCUT2D eigenvalue weighted by molar-refractivity contribution is 0.276. The molecule has 39 heavy (non-hydrogen) atoms. The van der Waals surface area contributed by atoms with E-state index in [1.807, 2.05) is 0 Å². The predicted octanol–water partition coefficient (Wildman–Crippen LogP) is 10.2. The van der Waals surface area contributed by atoms with E-state index in [4.69, 9.17) is 4.98 Å². The molecule has 4 aliphatic rings. The van der Waals surface area contributed by atoms with Gasteiger partial charge in [0.15, 0.2) is 0 Å². The van der Waals surface area contributed by atoms with Gasteiger partial charge in [-0.25, -0.2) is 0 Å². The van der Waals surface area contributed by atoms with Crippen LogP contribution in [0.4, 0.5) is 0 Å². The second kappa shape index (κ2) is 8.93. The zero-order valence-corrected chi connectivity index (χ0v) is 26.9. The summed E-state index contributed by atoms with van der Waals surface area (Å²) < 4.78 is 0. The van der Waals surface area contributed by atoms with E-state index in [9.17, 15) is 0 Å². The van der Waals surface area contributed by atoms with Crippen molar-refractivity contribution in [2.24, 2.45) is 11.8 Å². The molecule has 0 N–H and O–H groups in total. The summed E-state index contributed by atoms with van der Waals surface area (Å²) in [5.74, 6) is 3.37. The molecule has 0 radical (unpaired) electrons. The molecule has 0 spiro atoms. The molecule has 6 rings (SSSR count). The highest BCUT2D eigenvalue weighted by molar-refractivity contribution is 5.53. The van der Waals surface area contributed by atoms with Crippen molar-refractivity contribution in [3.63, 3.8) is 0 Å². The predicted molar refractivity (Wildman–Crippen MR) is 166 cm³/mol. The van der Waals surface area contributed by atoms with Crippen LogP contribution in [0.3, 0.4) is 0 Å². The van der Waals surface area contributed by atoms with Crippen LogP contribution in [0.2, 0.25) is 0 Å². The van der Waals surface area contributed by atoms with Gasteiger partial charge < -0.3 is 0 Å². The van der Waals surface area contributed by atoms with Gasteiger partial charge in [0.25, 0.3) is 0 Å². The summed E-state index contributed by atoms with van der Waals surface area (Å²) >= 11 is 0. The monoisotopic (exact) mass is 525 g/mol. The highest BCUT2D eigenvalue weighted by Crippen LogP contribution is 2.57. The minimum absolute atomic E-state index is 0.121. The van der Waals surface area contributed by atoms with Crippen LogP contribution >= 0.6 is 0 Å². The van der Waals surface area contributed by atoms with Crippen LogP contribution < -0.4 is 0 Å². The van der Waals surface area contributed by atoms with Gasteiger partial charge in [-0.05, 0) is 130 Å². The van der Waals surface area contributed by atoms with E-state index in [-0.39, 0.29) is 21.7 Å². The maximum Gasteiger partial charge on any atom is 0.0492 e. The molecule has 4 unspecified atom stereocenters. The lowest BCUT2D eigenvalue weighted by Crippen LogP contribution is -2.29. The number of fused-ring (bicyclic) bond motifs is 6. The van der Waals surface area contributed by atoms with E-state index in [1.54, 1.807) is 38.9 Å². The summed E-state index contributed by atoms with van der Waals surface area (Å²) in [6.45, 7) is 24.4. The lowest BCUT2D eigenvalue weighted by Gasteiger charge is -2.38. The Morgan fingerprint density at radius 3 is 1.79 bits per heavy atom. The highest BCUT2D eigenvalue weighted by Gasteiger charge is 2.46. The van der Waals surface area contributed by atoms with Crippen molar-refractivity contribution in [3.8, 4) is 0 Å². The number of pyridine rings is 1. The van der Waals surface area contributed by atoms with E-state index < -0.39 is 0 Å². The van der Waals surface area contributed by atoms with E-state index >= 15 is 0 Å². The molecule has 1 aromatic heterocycles. The zero-order chi connectivity index (χ0) is 28.1. The Morgan fingerprint density at radius 1 is 0.615 bits per heavy atom. The van der Waals surface area contributed by atoms with Gasteiger partial charge in [-0.2, -0.15) is 0 Å². The Kier molecular flexibility index (Phi) is 6.31. The standard InChI is InChI=1S/C38H55N/c1-35(2,3)30-17-16-29(27-20-23-12-11-13-25(23)32(27)30)37(7,8)18-19-38(9,10)31-22-39-34(36(4,5)6)28-21-24-14-15-26(24)33(28)31/h16-17,22-26H,11-15,18-21H2,1-10H3. The molecule has 0 aliphatic heterocycles. The van der Waals surface area contributed by atoms with Crippen LogP contribution in [0.1, 0.15) is 171 Å². The second-order valence-corrected chi connectivity index (χ2v) is 17.4. The van der Waals surface area contributed by atoms with Crippen LogP contribution in [-0.4, -0.2) is 4.98 Å². The van der Waals surface area contributed by atoms with Crippen LogP contribution in [0, 0.1) is 11.8 Å². The maximum atomic E-state index is 5.20. The van der Waals surface area contributed by atoms with Crippen LogP contribution in [0.5, 0.6) is 0 Å². The molecule has 4 aliphatic carbocycles. The third-order valence-electron chi connectivity index (χ3n) is 11.7. The first-order chi connectivity index (χ1) is 18.1. The lowest BCUT2D eigenvalue weighted by atomic mass is 9.67. The Labute approximate surface area is 240 Å². The zero-order valence-electron chi connectivity index (χ0n) is 26.9. The molecule has 1 heteroatoms.